The largest absolute Gasteiger partial charge is 4.00 e. The van der Waals surface area contributed by atoms with Crippen molar-refractivity contribution in [2.24, 2.45) is 0 Å². The van der Waals surface area contributed by atoms with Crippen molar-refractivity contribution < 1.29 is 34.4 Å². The SMILES string of the molecule is CC[N-]CC.CC[N-]CC.CC[N-]CC.F[SiH](F)[c-]1cccc1.[Zr+4]. The zero-order valence-electron chi connectivity index (χ0n) is 16.2. The molecule has 0 fully saturated rings. The zero-order valence-corrected chi connectivity index (χ0v) is 19.8. The van der Waals surface area contributed by atoms with Crippen molar-refractivity contribution in [3.8, 4) is 0 Å². The van der Waals surface area contributed by atoms with Crippen LogP contribution in [0.15, 0.2) is 24.3 Å². The first kappa shape index (κ1) is 31.9. The van der Waals surface area contributed by atoms with Gasteiger partial charge in [-0.2, -0.15) is 51.4 Å². The Morgan fingerprint density at radius 2 is 0.917 bits per heavy atom. The fraction of sp³-hybridized carbons (Fsp3) is 0.706. The van der Waals surface area contributed by atoms with Crippen LogP contribution in [0.1, 0.15) is 41.5 Å². The van der Waals surface area contributed by atoms with Gasteiger partial charge in [0.2, 0.25) is 0 Å². The first-order valence-electron chi connectivity index (χ1n) is 8.44. The first-order valence-corrected chi connectivity index (χ1v) is 9.89. The van der Waals surface area contributed by atoms with Crippen molar-refractivity contribution in [3.05, 3.63) is 40.2 Å². The smallest absolute Gasteiger partial charge is 0.663 e. The van der Waals surface area contributed by atoms with E-state index in [9.17, 15) is 8.22 Å². The maximum Gasteiger partial charge on any atom is 4.00 e. The summed E-state index contributed by atoms with van der Waals surface area (Å²) in [5.41, 5.74) is 0. The fourth-order valence-corrected chi connectivity index (χ4v) is 1.72. The minimum Gasteiger partial charge on any atom is -0.663 e. The third kappa shape index (κ3) is 33.7. The Morgan fingerprint density at radius 3 is 1.00 bits per heavy atom. The van der Waals surface area contributed by atoms with E-state index in [0.717, 1.165) is 39.3 Å². The molecule has 140 valence electrons. The third-order valence-corrected chi connectivity index (χ3v) is 3.17. The van der Waals surface area contributed by atoms with Crippen molar-refractivity contribution in [1.82, 2.24) is 0 Å². The van der Waals surface area contributed by atoms with E-state index in [0.29, 0.717) is 0 Å². The molecule has 0 aliphatic heterocycles. The molecule has 7 heteroatoms. The van der Waals surface area contributed by atoms with Crippen LogP contribution < -0.4 is 5.19 Å². The molecule has 0 saturated heterocycles. The second kappa shape index (κ2) is 31.0. The van der Waals surface area contributed by atoms with E-state index in [-0.39, 0.29) is 31.4 Å². The Labute approximate surface area is 169 Å². The van der Waals surface area contributed by atoms with Crippen LogP contribution in [0.5, 0.6) is 0 Å². The minimum absolute atomic E-state index is 0. The summed E-state index contributed by atoms with van der Waals surface area (Å²) in [6.07, 6.45) is 0. The molecule has 3 nitrogen and oxygen atoms in total. The van der Waals surface area contributed by atoms with E-state index < -0.39 is 9.46 Å². The molecule has 0 aliphatic rings. The average Bonchev–Trinajstić information content (AvgIpc) is 3.06. The van der Waals surface area contributed by atoms with E-state index >= 15 is 0 Å². The monoisotopic (exact) mass is 437 g/mol. The quantitative estimate of drug-likeness (QED) is 0.328. The van der Waals surface area contributed by atoms with Crippen LogP contribution in [0.4, 0.5) is 8.22 Å². The molecule has 1 rings (SSSR count). The molecule has 0 radical (unpaired) electrons. The van der Waals surface area contributed by atoms with Gasteiger partial charge in [0.25, 0.3) is 0 Å². The van der Waals surface area contributed by atoms with Crippen molar-refractivity contribution in [2.45, 2.75) is 41.5 Å². The Kier molecular flexibility index (Phi) is 41.2. The maximum absolute atomic E-state index is 11.7. The van der Waals surface area contributed by atoms with Crippen LogP contribution in [-0.2, 0) is 26.2 Å². The standard InChI is InChI=1S/C5H5F2Si.3C4H10N.Zr/c6-8(7)5-3-1-2-4-5;3*1-3-5-4-2;/h1-4,8H;3*3-4H2,1-2H3;/q4*-1;+4. The van der Waals surface area contributed by atoms with Crippen molar-refractivity contribution >= 4 is 14.7 Å². The van der Waals surface area contributed by atoms with Crippen molar-refractivity contribution in [2.75, 3.05) is 39.3 Å². The number of hydrogen-bond donors (Lipinski definition) is 0. The molecular weight excluding hydrogens is 404 g/mol. The van der Waals surface area contributed by atoms with E-state index in [1.807, 2.05) is 41.5 Å². The van der Waals surface area contributed by atoms with Gasteiger partial charge in [0, 0.05) is 0 Å². The summed E-state index contributed by atoms with van der Waals surface area (Å²) in [6.45, 7) is 18.1. The first-order chi connectivity index (χ1) is 11.0. The molecule has 0 heterocycles. The molecule has 0 saturated carbocycles. The average molecular weight is 439 g/mol. The summed E-state index contributed by atoms with van der Waals surface area (Å²) >= 11 is 0. The molecule has 0 N–H and O–H groups in total. The molecule has 0 bridgehead atoms. The van der Waals surface area contributed by atoms with Crippen molar-refractivity contribution in [1.29, 1.82) is 0 Å². The molecule has 0 amide bonds. The third-order valence-electron chi connectivity index (χ3n) is 2.28. The normalized spacial score (nSPS) is 8.71. The fourth-order valence-electron chi connectivity index (χ4n) is 1.21. The van der Waals surface area contributed by atoms with Gasteiger partial charge >= 0.3 is 35.7 Å². The molecular formula is C17H35F2N3SiZr. The van der Waals surface area contributed by atoms with Gasteiger partial charge < -0.3 is 16.0 Å². The summed E-state index contributed by atoms with van der Waals surface area (Å²) in [4.78, 5) is 0. The number of rotatable bonds is 7. The summed E-state index contributed by atoms with van der Waals surface area (Å²) in [5, 5.41) is 12.2. The molecule has 1 aromatic rings. The van der Waals surface area contributed by atoms with Crippen LogP contribution in [0.25, 0.3) is 16.0 Å². The Morgan fingerprint density at radius 1 is 0.667 bits per heavy atom. The predicted octanol–water partition coefficient (Wildman–Crippen LogP) is 4.97. The number of halogens is 2. The van der Waals surface area contributed by atoms with Crippen LogP contribution in [0, 0.1) is 0 Å². The molecule has 0 unspecified atom stereocenters. The molecule has 1 aromatic carbocycles. The zero-order chi connectivity index (χ0) is 18.3. The Balaban J connectivity index is -0.000000113. The molecule has 0 atom stereocenters. The summed E-state index contributed by atoms with van der Waals surface area (Å²) in [7, 11) is -3.48. The van der Waals surface area contributed by atoms with Crippen LogP contribution in [0.2, 0.25) is 0 Å². The van der Waals surface area contributed by atoms with Gasteiger partial charge in [-0.05, 0) is 0 Å². The number of nitrogens with zero attached hydrogens (tertiary/aromatic N) is 3. The van der Waals surface area contributed by atoms with E-state index in [2.05, 4.69) is 16.0 Å². The Hall–Kier alpha value is 0.190. The summed E-state index contributed by atoms with van der Waals surface area (Å²) in [6, 6.07) is 6.21. The predicted molar refractivity (Wildman–Crippen MR) is 104 cm³/mol. The van der Waals surface area contributed by atoms with Gasteiger partial charge in [-0.1, -0.05) is 41.5 Å². The van der Waals surface area contributed by atoms with Crippen LogP contribution in [-0.4, -0.2) is 48.7 Å². The molecule has 0 spiro atoms. The number of hydrogen-bond acceptors (Lipinski definition) is 0. The van der Waals surface area contributed by atoms with E-state index in [4.69, 9.17) is 0 Å². The summed E-state index contributed by atoms with van der Waals surface area (Å²) < 4.78 is 23.5. The Bertz CT molecular complexity index is 257. The topological polar surface area (TPSA) is 42.3 Å². The van der Waals surface area contributed by atoms with Crippen LogP contribution >= 0.6 is 0 Å². The molecule has 0 aromatic heterocycles. The molecule has 0 aliphatic carbocycles. The van der Waals surface area contributed by atoms with E-state index in [1.165, 1.54) is 12.1 Å². The van der Waals surface area contributed by atoms with E-state index in [1.54, 1.807) is 12.1 Å². The van der Waals surface area contributed by atoms with Gasteiger partial charge in [0.15, 0.2) is 0 Å². The second-order valence-corrected chi connectivity index (χ2v) is 5.36. The van der Waals surface area contributed by atoms with Gasteiger partial charge in [-0.3, -0.25) is 8.22 Å². The molecule has 24 heavy (non-hydrogen) atoms. The van der Waals surface area contributed by atoms with Gasteiger partial charge in [-0.15, -0.1) is 5.19 Å². The van der Waals surface area contributed by atoms with Gasteiger partial charge in [0.05, 0.1) is 0 Å². The maximum atomic E-state index is 11.7. The minimum atomic E-state index is -3.48. The van der Waals surface area contributed by atoms with Gasteiger partial charge in [-0.25, -0.2) is 12.1 Å². The van der Waals surface area contributed by atoms with Crippen LogP contribution in [0.3, 0.4) is 0 Å². The van der Waals surface area contributed by atoms with Crippen molar-refractivity contribution in [3.63, 3.8) is 0 Å². The summed E-state index contributed by atoms with van der Waals surface area (Å²) in [5.74, 6) is 0. The van der Waals surface area contributed by atoms with Gasteiger partial charge in [0.1, 0.15) is 0 Å². The second-order valence-electron chi connectivity index (χ2n) is 4.09.